The van der Waals surface area contributed by atoms with Gasteiger partial charge >= 0.3 is 0 Å². The lowest BCUT2D eigenvalue weighted by Crippen LogP contribution is -2.54. The second-order valence-electron chi connectivity index (χ2n) is 11.1. The van der Waals surface area contributed by atoms with E-state index in [0.717, 1.165) is 45.6 Å². The van der Waals surface area contributed by atoms with Crippen LogP contribution in [0.2, 0.25) is 5.02 Å². The fourth-order valence-corrected chi connectivity index (χ4v) is 7.52. The SMILES string of the molecule is O=C(NC1CCCC1)C(Cc1ccccc1)N(Cc1cccc(Cl)c1)C(=O)CN(c1ccc(Br)cc1)S(=O)(=O)c1ccccc1. The quantitative estimate of drug-likeness (QED) is 0.172. The third-order valence-corrected chi connectivity index (χ3v) is 10.5. The van der Waals surface area contributed by atoms with Gasteiger partial charge in [0.15, 0.2) is 0 Å². The minimum atomic E-state index is -4.15. The predicted molar refractivity (Wildman–Crippen MR) is 181 cm³/mol. The van der Waals surface area contributed by atoms with Crippen LogP contribution in [-0.2, 0) is 32.6 Å². The third-order valence-electron chi connectivity index (χ3n) is 7.94. The zero-order valence-electron chi connectivity index (χ0n) is 24.7. The van der Waals surface area contributed by atoms with Crippen molar-refractivity contribution in [1.29, 1.82) is 0 Å². The first kappa shape index (κ1) is 32.7. The summed E-state index contributed by atoms with van der Waals surface area (Å²) in [6, 6.07) is 30.6. The van der Waals surface area contributed by atoms with Crippen molar-refractivity contribution in [3.8, 4) is 0 Å². The van der Waals surface area contributed by atoms with Gasteiger partial charge in [0, 0.05) is 28.5 Å². The number of anilines is 1. The van der Waals surface area contributed by atoms with Crippen molar-refractivity contribution in [1.82, 2.24) is 10.2 Å². The number of carbonyl (C=O) groups is 2. The van der Waals surface area contributed by atoms with E-state index in [9.17, 15) is 18.0 Å². The van der Waals surface area contributed by atoms with Crippen molar-refractivity contribution >= 4 is 55.1 Å². The van der Waals surface area contributed by atoms with Crippen LogP contribution in [0.1, 0.15) is 36.8 Å². The van der Waals surface area contributed by atoms with Crippen molar-refractivity contribution in [2.75, 3.05) is 10.8 Å². The van der Waals surface area contributed by atoms with Gasteiger partial charge in [0.1, 0.15) is 12.6 Å². The van der Waals surface area contributed by atoms with Crippen LogP contribution in [0.15, 0.2) is 119 Å². The highest BCUT2D eigenvalue weighted by Gasteiger charge is 2.35. The molecular formula is C35H35BrClN3O4S. The summed E-state index contributed by atoms with van der Waals surface area (Å²) < 4.78 is 30.0. The molecule has 0 bridgehead atoms. The molecule has 4 aromatic rings. The van der Waals surface area contributed by atoms with E-state index in [2.05, 4.69) is 21.2 Å². The number of benzene rings is 4. The Labute approximate surface area is 278 Å². The molecule has 1 fully saturated rings. The Morgan fingerprint density at radius 1 is 0.844 bits per heavy atom. The van der Waals surface area contributed by atoms with Gasteiger partial charge in [0.25, 0.3) is 10.0 Å². The number of rotatable bonds is 12. The lowest BCUT2D eigenvalue weighted by molar-refractivity contribution is -0.140. The second-order valence-corrected chi connectivity index (χ2v) is 14.4. The third kappa shape index (κ3) is 8.54. The zero-order chi connectivity index (χ0) is 31.8. The van der Waals surface area contributed by atoms with Crippen molar-refractivity contribution in [3.63, 3.8) is 0 Å². The van der Waals surface area contributed by atoms with Gasteiger partial charge in [0.05, 0.1) is 10.6 Å². The number of amides is 2. The van der Waals surface area contributed by atoms with Gasteiger partial charge in [0.2, 0.25) is 11.8 Å². The smallest absolute Gasteiger partial charge is 0.264 e. The monoisotopic (exact) mass is 707 g/mol. The average molecular weight is 709 g/mol. The zero-order valence-corrected chi connectivity index (χ0v) is 27.8. The van der Waals surface area contributed by atoms with E-state index in [1.807, 2.05) is 36.4 Å². The van der Waals surface area contributed by atoms with Crippen molar-refractivity contribution < 1.29 is 18.0 Å². The Morgan fingerprint density at radius 2 is 1.47 bits per heavy atom. The van der Waals surface area contributed by atoms with Crippen molar-refractivity contribution in [3.05, 3.63) is 130 Å². The van der Waals surface area contributed by atoms with Gasteiger partial charge in [-0.3, -0.25) is 13.9 Å². The maximum Gasteiger partial charge on any atom is 0.264 e. The molecular weight excluding hydrogens is 674 g/mol. The number of carbonyl (C=O) groups excluding carboxylic acids is 2. The molecule has 0 saturated heterocycles. The summed E-state index contributed by atoms with van der Waals surface area (Å²) in [6.07, 6.45) is 4.12. The van der Waals surface area contributed by atoms with E-state index in [1.54, 1.807) is 60.7 Å². The van der Waals surface area contributed by atoms with Crippen LogP contribution < -0.4 is 9.62 Å². The van der Waals surface area contributed by atoms with Crippen LogP contribution in [0.3, 0.4) is 0 Å². The molecule has 0 spiro atoms. The minimum absolute atomic E-state index is 0.0385. The molecule has 1 saturated carbocycles. The van der Waals surface area contributed by atoms with Gasteiger partial charge < -0.3 is 10.2 Å². The first-order valence-electron chi connectivity index (χ1n) is 14.9. The lowest BCUT2D eigenvalue weighted by atomic mass is 10.0. The maximum absolute atomic E-state index is 14.5. The summed E-state index contributed by atoms with van der Waals surface area (Å²) in [5.41, 5.74) is 1.94. The highest BCUT2D eigenvalue weighted by atomic mass is 79.9. The molecule has 0 radical (unpaired) electrons. The standard InChI is InChI=1S/C35H35BrClN3O4S/c36-28-18-20-31(21-19-28)40(45(43,44)32-16-5-2-6-17-32)25-34(41)39(24-27-12-9-13-29(37)22-27)33(23-26-10-3-1-4-11-26)35(42)38-30-14-7-8-15-30/h1-6,9-13,16-22,30,33H,7-8,14-15,23-25H2,(H,38,42). The molecule has 1 atom stereocenters. The molecule has 5 rings (SSSR count). The molecule has 10 heteroatoms. The van der Waals surface area contributed by atoms with Crippen LogP contribution in [0, 0.1) is 0 Å². The van der Waals surface area contributed by atoms with Gasteiger partial charge in [-0.15, -0.1) is 0 Å². The molecule has 1 unspecified atom stereocenters. The van der Waals surface area contributed by atoms with Crippen molar-refractivity contribution in [2.45, 2.75) is 55.6 Å². The number of hydrogen-bond acceptors (Lipinski definition) is 4. The Morgan fingerprint density at radius 3 is 2.11 bits per heavy atom. The van der Waals surface area contributed by atoms with E-state index >= 15 is 0 Å². The van der Waals surface area contributed by atoms with Gasteiger partial charge in [-0.25, -0.2) is 8.42 Å². The van der Waals surface area contributed by atoms with Crippen LogP contribution >= 0.6 is 27.5 Å². The second kappa shape index (κ2) is 15.1. The predicted octanol–water partition coefficient (Wildman–Crippen LogP) is 7.00. The molecule has 234 valence electrons. The van der Waals surface area contributed by atoms with E-state index in [0.29, 0.717) is 10.7 Å². The fraction of sp³-hybridized carbons (Fsp3) is 0.257. The number of hydrogen-bond donors (Lipinski definition) is 1. The highest BCUT2D eigenvalue weighted by Crippen LogP contribution is 2.27. The van der Waals surface area contributed by atoms with Crippen molar-refractivity contribution in [2.24, 2.45) is 0 Å². The summed E-state index contributed by atoms with van der Waals surface area (Å²) >= 11 is 9.73. The van der Waals surface area contributed by atoms with Crippen LogP contribution in [0.5, 0.6) is 0 Å². The largest absolute Gasteiger partial charge is 0.352 e. The number of sulfonamides is 1. The number of halogens is 2. The van der Waals surface area contributed by atoms with Crippen LogP contribution in [0.25, 0.3) is 0 Å². The molecule has 0 heterocycles. The normalized spacial score (nSPS) is 14.1. The summed E-state index contributed by atoms with van der Waals surface area (Å²) in [5.74, 6) is -0.776. The van der Waals surface area contributed by atoms with E-state index in [1.165, 1.54) is 17.0 Å². The Hall–Kier alpha value is -3.66. The summed E-state index contributed by atoms with van der Waals surface area (Å²) in [4.78, 5) is 30.1. The van der Waals surface area contributed by atoms with E-state index in [-0.39, 0.29) is 29.8 Å². The molecule has 2 amide bonds. The number of nitrogens with zero attached hydrogens (tertiary/aromatic N) is 2. The van der Waals surface area contributed by atoms with Gasteiger partial charge in [-0.05, 0) is 72.5 Å². The topological polar surface area (TPSA) is 86.8 Å². The maximum atomic E-state index is 14.5. The van der Waals surface area contributed by atoms with Gasteiger partial charge in [-0.1, -0.05) is 101 Å². The Kier molecular flexibility index (Phi) is 11.0. The first-order valence-corrected chi connectivity index (χ1v) is 17.5. The first-order chi connectivity index (χ1) is 21.7. The lowest BCUT2D eigenvalue weighted by Gasteiger charge is -2.34. The molecule has 0 aliphatic heterocycles. The molecule has 7 nitrogen and oxygen atoms in total. The van der Waals surface area contributed by atoms with E-state index < -0.39 is 28.5 Å². The van der Waals surface area contributed by atoms with Crippen LogP contribution in [0.4, 0.5) is 5.69 Å². The molecule has 1 aliphatic rings. The summed E-state index contributed by atoms with van der Waals surface area (Å²) in [7, 11) is -4.15. The minimum Gasteiger partial charge on any atom is -0.352 e. The molecule has 4 aromatic carbocycles. The number of nitrogens with one attached hydrogen (secondary N) is 1. The molecule has 0 aromatic heterocycles. The molecule has 1 aliphatic carbocycles. The summed E-state index contributed by atoms with van der Waals surface area (Å²) in [6.45, 7) is -0.448. The van der Waals surface area contributed by atoms with E-state index in [4.69, 9.17) is 11.6 Å². The Balaban J connectivity index is 1.56. The molecule has 45 heavy (non-hydrogen) atoms. The Bertz CT molecular complexity index is 1700. The average Bonchev–Trinajstić information content (AvgIpc) is 3.56. The van der Waals surface area contributed by atoms with Crippen LogP contribution in [-0.4, -0.2) is 43.8 Å². The van der Waals surface area contributed by atoms with Gasteiger partial charge in [-0.2, -0.15) is 0 Å². The molecule has 1 N–H and O–H groups in total. The fourth-order valence-electron chi connectivity index (χ4n) is 5.61. The highest BCUT2D eigenvalue weighted by molar-refractivity contribution is 9.10. The summed E-state index contributed by atoms with van der Waals surface area (Å²) in [5, 5.41) is 3.68.